The Bertz CT molecular complexity index is 762. The van der Waals surface area contributed by atoms with Crippen molar-refractivity contribution in [1.82, 2.24) is 4.90 Å². The van der Waals surface area contributed by atoms with Gasteiger partial charge in [-0.25, -0.2) is 4.79 Å². The Kier molecular flexibility index (Phi) is 5.51. The Morgan fingerprint density at radius 2 is 2.12 bits per heavy atom. The van der Waals surface area contributed by atoms with E-state index in [9.17, 15) is 19.8 Å². The summed E-state index contributed by atoms with van der Waals surface area (Å²) in [5.41, 5.74) is 7.50. The van der Waals surface area contributed by atoms with Gasteiger partial charge in [-0.05, 0) is 30.5 Å². The zero-order chi connectivity index (χ0) is 16.9. The van der Waals surface area contributed by atoms with Crippen molar-refractivity contribution in [3.05, 3.63) is 41.1 Å². The van der Waals surface area contributed by atoms with Crippen LogP contribution in [0.5, 0.6) is 0 Å². The standard InChI is InChI=1S/C16H16N2O4S.Na.H/c1-7(19)12-11-6-10(13(16(21)22)18(11)15(12)20)8-3-2-4-9(5-8)14(17)23;;/h2-5,7,11-12,19H,6H2,1H3,(H2,17,23)(H,21,22);;/t7-,11-,12-;;/m1../s1. The van der Waals surface area contributed by atoms with Crippen molar-refractivity contribution in [2.24, 2.45) is 11.7 Å². The molecule has 1 aromatic rings. The van der Waals surface area contributed by atoms with E-state index in [2.05, 4.69) is 0 Å². The number of carbonyl (C=O) groups is 2. The minimum atomic E-state index is -1.15. The minimum absolute atomic E-state index is 0. The van der Waals surface area contributed by atoms with Crippen LogP contribution in [-0.4, -0.2) is 73.7 Å². The Morgan fingerprint density at radius 1 is 1.46 bits per heavy atom. The fourth-order valence-electron chi connectivity index (χ4n) is 3.39. The van der Waals surface area contributed by atoms with Gasteiger partial charge in [-0.2, -0.15) is 0 Å². The second-order valence-corrected chi connectivity index (χ2v) is 6.26. The number of aliphatic carboxylic acids is 1. The van der Waals surface area contributed by atoms with Gasteiger partial charge in [-0.1, -0.05) is 30.4 Å². The normalized spacial score (nSPS) is 23.2. The molecule has 2 heterocycles. The Balaban J connectivity index is 0.00000208. The van der Waals surface area contributed by atoms with Gasteiger partial charge >= 0.3 is 35.5 Å². The number of nitrogens with two attached hydrogens (primary N) is 1. The van der Waals surface area contributed by atoms with Crippen LogP contribution in [0, 0.1) is 5.92 Å². The molecule has 2 aliphatic heterocycles. The first-order valence-electron chi connectivity index (χ1n) is 7.20. The van der Waals surface area contributed by atoms with Gasteiger partial charge in [0.1, 0.15) is 10.7 Å². The summed E-state index contributed by atoms with van der Waals surface area (Å²) in [6, 6.07) is 6.69. The van der Waals surface area contributed by atoms with Gasteiger partial charge in [-0.3, -0.25) is 4.79 Å². The predicted molar refractivity (Wildman–Crippen MR) is 94.5 cm³/mol. The number of rotatable bonds is 4. The summed E-state index contributed by atoms with van der Waals surface area (Å²) in [5, 5.41) is 19.3. The van der Waals surface area contributed by atoms with E-state index in [0.717, 1.165) is 0 Å². The number of amides is 1. The maximum atomic E-state index is 12.2. The molecule has 122 valence electrons. The van der Waals surface area contributed by atoms with Crippen LogP contribution in [0.15, 0.2) is 30.0 Å². The first-order chi connectivity index (χ1) is 10.8. The number of β-lactam (4-membered cyclic amide) rings is 1. The molecule has 0 saturated carbocycles. The molecular formula is C16H17N2NaO4S. The van der Waals surface area contributed by atoms with Crippen molar-refractivity contribution < 1.29 is 19.8 Å². The summed E-state index contributed by atoms with van der Waals surface area (Å²) < 4.78 is 0. The van der Waals surface area contributed by atoms with E-state index in [4.69, 9.17) is 18.0 Å². The van der Waals surface area contributed by atoms with Gasteiger partial charge in [0.2, 0.25) is 5.91 Å². The summed E-state index contributed by atoms with van der Waals surface area (Å²) in [5.74, 6) is -2.05. The maximum absolute atomic E-state index is 12.2. The fourth-order valence-corrected chi connectivity index (χ4v) is 3.51. The fraction of sp³-hybridized carbons (Fsp3) is 0.312. The molecule has 0 unspecified atom stereocenters. The third kappa shape index (κ3) is 2.91. The van der Waals surface area contributed by atoms with Crippen molar-refractivity contribution in [3.63, 3.8) is 0 Å². The molecule has 0 spiro atoms. The van der Waals surface area contributed by atoms with Crippen molar-refractivity contribution in [2.75, 3.05) is 0 Å². The van der Waals surface area contributed by atoms with E-state index in [1.165, 1.54) is 4.90 Å². The number of carbonyl (C=O) groups excluding carboxylic acids is 1. The average Bonchev–Trinajstić information content (AvgIpc) is 2.82. The van der Waals surface area contributed by atoms with Gasteiger partial charge in [-0.15, -0.1) is 0 Å². The Hall–Kier alpha value is -1.25. The molecule has 0 aliphatic carbocycles. The number of benzene rings is 1. The number of thiocarbonyl (C=S) groups is 1. The van der Waals surface area contributed by atoms with Crippen molar-refractivity contribution in [2.45, 2.75) is 25.5 Å². The van der Waals surface area contributed by atoms with Crippen LogP contribution < -0.4 is 5.73 Å². The Morgan fingerprint density at radius 3 is 2.67 bits per heavy atom. The summed E-state index contributed by atoms with van der Waals surface area (Å²) >= 11 is 4.96. The third-order valence-corrected chi connectivity index (χ3v) is 4.66. The first-order valence-corrected chi connectivity index (χ1v) is 7.61. The van der Waals surface area contributed by atoms with Crippen LogP contribution >= 0.6 is 12.2 Å². The van der Waals surface area contributed by atoms with Crippen molar-refractivity contribution in [1.29, 1.82) is 0 Å². The predicted octanol–water partition coefficient (Wildman–Crippen LogP) is 0.0795. The number of aliphatic hydroxyl groups is 1. The zero-order valence-electron chi connectivity index (χ0n) is 12.4. The molecule has 4 N–H and O–H groups in total. The number of nitrogens with zero attached hydrogens (tertiary/aromatic N) is 1. The van der Waals surface area contributed by atoms with Crippen LogP contribution in [0.2, 0.25) is 0 Å². The Labute approximate surface area is 166 Å². The number of fused-ring (bicyclic) bond motifs is 1. The van der Waals surface area contributed by atoms with E-state index < -0.39 is 18.0 Å². The molecule has 6 nitrogen and oxygen atoms in total. The van der Waals surface area contributed by atoms with Crippen LogP contribution in [0.25, 0.3) is 5.57 Å². The number of hydrogen-bond acceptors (Lipinski definition) is 4. The number of carboxylic acid groups (broad SMARTS) is 1. The molecule has 8 heteroatoms. The average molecular weight is 356 g/mol. The van der Waals surface area contributed by atoms with Gasteiger partial charge < -0.3 is 20.8 Å². The molecule has 3 atom stereocenters. The van der Waals surface area contributed by atoms with E-state index in [1.54, 1.807) is 31.2 Å². The molecule has 0 bridgehead atoms. The van der Waals surface area contributed by atoms with Crippen LogP contribution in [-0.2, 0) is 9.59 Å². The van der Waals surface area contributed by atoms with Gasteiger partial charge in [0.25, 0.3) is 0 Å². The number of aliphatic hydroxyl groups excluding tert-OH is 1. The van der Waals surface area contributed by atoms with Crippen molar-refractivity contribution in [3.8, 4) is 0 Å². The monoisotopic (exact) mass is 356 g/mol. The molecule has 0 radical (unpaired) electrons. The summed E-state index contributed by atoms with van der Waals surface area (Å²) in [6.07, 6.45) is -0.412. The van der Waals surface area contributed by atoms with E-state index in [-0.39, 0.29) is 52.2 Å². The molecule has 1 fully saturated rings. The van der Waals surface area contributed by atoms with Gasteiger partial charge in [0.05, 0.1) is 18.1 Å². The molecule has 2 aliphatic rings. The molecule has 1 aromatic carbocycles. The van der Waals surface area contributed by atoms with E-state index >= 15 is 0 Å². The quantitative estimate of drug-likeness (QED) is 0.401. The van der Waals surface area contributed by atoms with Crippen LogP contribution in [0.3, 0.4) is 0 Å². The summed E-state index contributed by atoms with van der Waals surface area (Å²) in [7, 11) is 0. The molecule has 24 heavy (non-hydrogen) atoms. The molecule has 0 aromatic heterocycles. The molecule has 3 rings (SSSR count). The number of carboxylic acids is 1. The summed E-state index contributed by atoms with van der Waals surface area (Å²) in [6.45, 7) is 1.55. The van der Waals surface area contributed by atoms with Crippen molar-refractivity contribution >= 4 is 64.2 Å². The number of hydrogen-bond donors (Lipinski definition) is 3. The first kappa shape index (κ1) is 19.1. The SMILES string of the molecule is C[C@@H](O)[C@H]1C(=O)N2C(C(=O)O)=C(c3cccc(C(N)=S)c3)C[C@H]12.[NaH]. The second-order valence-electron chi connectivity index (χ2n) is 5.82. The molecule has 1 amide bonds. The summed E-state index contributed by atoms with van der Waals surface area (Å²) in [4.78, 5) is 25.3. The van der Waals surface area contributed by atoms with E-state index in [1.807, 2.05) is 0 Å². The second kappa shape index (κ2) is 6.93. The van der Waals surface area contributed by atoms with E-state index in [0.29, 0.717) is 23.1 Å². The van der Waals surface area contributed by atoms with Crippen LogP contribution in [0.1, 0.15) is 24.5 Å². The zero-order valence-corrected chi connectivity index (χ0v) is 13.2. The van der Waals surface area contributed by atoms with Gasteiger partial charge in [0, 0.05) is 5.56 Å². The molecule has 1 saturated heterocycles. The molecular weight excluding hydrogens is 339 g/mol. The van der Waals surface area contributed by atoms with Gasteiger partial charge in [0.15, 0.2) is 0 Å². The third-order valence-electron chi connectivity index (χ3n) is 4.43. The topological polar surface area (TPSA) is 104 Å². The van der Waals surface area contributed by atoms with Crippen LogP contribution in [0.4, 0.5) is 0 Å².